The number of halogens is 1. The van der Waals surface area contributed by atoms with Crippen molar-refractivity contribution < 1.29 is 14.5 Å². The van der Waals surface area contributed by atoms with E-state index in [9.17, 15) is 19.7 Å². The van der Waals surface area contributed by atoms with Crippen LogP contribution >= 0.6 is 23.4 Å². The summed E-state index contributed by atoms with van der Waals surface area (Å²) in [5.41, 5.74) is 5.35. The molecule has 2 aromatic carbocycles. The molecular formula is C15H12ClN3O4S. The number of benzene rings is 2. The summed E-state index contributed by atoms with van der Waals surface area (Å²) < 4.78 is 0. The Balaban J connectivity index is 2.23. The second-order valence-electron chi connectivity index (χ2n) is 4.63. The number of nitrogens with one attached hydrogen (secondary N) is 1. The van der Waals surface area contributed by atoms with E-state index in [-0.39, 0.29) is 22.0 Å². The van der Waals surface area contributed by atoms with Crippen LogP contribution in [0, 0.1) is 10.1 Å². The van der Waals surface area contributed by atoms with Gasteiger partial charge in [-0.05, 0) is 24.3 Å². The van der Waals surface area contributed by atoms with E-state index in [1.54, 1.807) is 24.3 Å². The molecule has 0 aliphatic carbocycles. The van der Waals surface area contributed by atoms with Gasteiger partial charge in [0.1, 0.15) is 5.02 Å². The van der Waals surface area contributed by atoms with Crippen molar-refractivity contribution in [3.8, 4) is 0 Å². The molecule has 0 fully saturated rings. The second kappa shape index (κ2) is 7.80. The Morgan fingerprint density at radius 1 is 1.25 bits per heavy atom. The number of nitrogens with zero attached hydrogens (tertiary/aromatic N) is 1. The molecule has 3 N–H and O–H groups in total. The Morgan fingerprint density at radius 2 is 1.96 bits per heavy atom. The molecule has 24 heavy (non-hydrogen) atoms. The van der Waals surface area contributed by atoms with Gasteiger partial charge in [-0.1, -0.05) is 23.7 Å². The van der Waals surface area contributed by atoms with Crippen molar-refractivity contribution in [2.75, 3.05) is 11.1 Å². The molecule has 0 aliphatic rings. The molecule has 0 atom stereocenters. The zero-order valence-corrected chi connectivity index (χ0v) is 13.8. The van der Waals surface area contributed by atoms with Gasteiger partial charge in [-0.2, -0.15) is 0 Å². The lowest BCUT2D eigenvalue weighted by molar-refractivity contribution is -0.384. The summed E-state index contributed by atoms with van der Waals surface area (Å²) in [5.74, 6) is -0.935. The van der Waals surface area contributed by atoms with E-state index in [4.69, 9.17) is 17.3 Å². The summed E-state index contributed by atoms with van der Waals surface area (Å²) in [6.07, 6.45) is 0. The number of rotatable bonds is 6. The molecule has 0 bridgehead atoms. The van der Waals surface area contributed by atoms with Gasteiger partial charge in [-0.3, -0.25) is 19.7 Å². The van der Waals surface area contributed by atoms with Crippen molar-refractivity contribution in [3.63, 3.8) is 0 Å². The summed E-state index contributed by atoms with van der Waals surface area (Å²) in [4.78, 5) is 34.1. The molecule has 0 spiro atoms. The van der Waals surface area contributed by atoms with Gasteiger partial charge >= 0.3 is 0 Å². The number of thioether (sulfide) groups is 1. The van der Waals surface area contributed by atoms with Crippen LogP contribution in [0.25, 0.3) is 0 Å². The highest BCUT2D eigenvalue weighted by atomic mass is 35.5. The largest absolute Gasteiger partial charge is 0.369 e. The molecule has 0 saturated carbocycles. The van der Waals surface area contributed by atoms with Gasteiger partial charge in [-0.25, -0.2) is 0 Å². The van der Waals surface area contributed by atoms with Crippen molar-refractivity contribution in [2.24, 2.45) is 5.73 Å². The molecule has 0 unspecified atom stereocenters. The number of carbonyl (C=O) groups excluding carboxylic acids is 2. The van der Waals surface area contributed by atoms with E-state index < -0.39 is 16.7 Å². The molecule has 2 aromatic rings. The van der Waals surface area contributed by atoms with E-state index in [0.29, 0.717) is 10.6 Å². The van der Waals surface area contributed by atoms with Gasteiger partial charge in [0.25, 0.3) is 11.6 Å². The quantitative estimate of drug-likeness (QED) is 0.463. The topological polar surface area (TPSA) is 115 Å². The first-order valence-electron chi connectivity index (χ1n) is 6.64. The SMILES string of the molecule is NC(=O)CSc1ccccc1NC(=O)c1ccc(Cl)c([N+](=O)[O-])c1. The van der Waals surface area contributed by atoms with Crippen LogP contribution in [0.15, 0.2) is 47.4 Å². The number of hydrogen-bond acceptors (Lipinski definition) is 5. The Bertz CT molecular complexity index is 813. The molecule has 0 radical (unpaired) electrons. The van der Waals surface area contributed by atoms with Crippen molar-refractivity contribution >= 4 is 46.6 Å². The maximum absolute atomic E-state index is 12.3. The minimum Gasteiger partial charge on any atom is -0.369 e. The van der Waals surface area contributed by atoms with Crippen LogP contribution in [0.3, 0.4) is 0 Å². The van der Waals surface area contributed by atoms with Gasteiger partial charge in [0.2, 0.25) is 5.91 Å². The van der Waals surface area contributed by atoms with Gasteiger partial charge in [0.15, 0.2) is 0 Å². The van der Waals surface area contributed by atoms with E-state index >= 15 is 0 Å². The summed E-state index contributed by atoms with van der Waals surface area (Å²) in [7, 11) is 0. The first-order chi connectivity index (χ1) is 11.4. The normalized spacial score (nSPS) is 10.2. The molecule has 0 saturated heterocycles. The van der Waals surface area contributed by atoms with Crippen LogP contribution in [0.1, 0.15) is 10.4 Å². The Kier molecular flexibility index (Phi) is 5.78. The predicted octanol–water partition coefficient (Wildman–Crippen LogP) is 3.08. The fraction of sp³-hybridized carbons (Fsp3) is 0.0667. The fourth-order valence-electron chi connectivity index (χ4n) is 1.83. The number of anilines is 1. The smallest absolute Gasteiger partial charge is 0.288 e. The Hall–Kier alpha value is -2.58. The van der Waals surface area contributed by atoms with Crippen molar-refractivity contribution in [2.45, 2.75) is 4.90 Å². The lowest BCUT2D eigenvalue weighted by Gasteiger charge is -2.10. The standard InChI is InChI=1S/C15H12ClN3O4S/c16-10-6-5-9(7-12(10)19(22)23)15(21)18-11-3-1-2-4-13(11)24-8-14(17)20/h1-7H,8H2,(H2,17,20)(H,18,21). The highest BCUT2D eigenvalue weighted by molar-refractivity contribution is 8.00. The number of nitrogens with two attached hydrogens (primary N) is 1. The number of nitro benzene ring substituents is 1. The third kappa shape index (κ3) is 4.46. The van der Waals surface area contributed by atoms with E-state index in [1.165, 1.54) is 23.9 Å². The van der Waals surface area contributed by atoms with Crippen molar-refractivity contribution in [1.82, 2.24) is 0 Å². The molecule has 0 aromatic heterocycles. The molecule has 9 heteroatoms. The zero-order chi connectivity index (χ0) is 17.7. The van der Waals surface area contributed by atoms with Crippen molar-refractivity contribution in [1.29, 1.82) is 0 Å². The number of para-hydroxylation sites is 1. The van der Waals surface area contributed by atoms with Crippen LogP contribution in [0.2, 0.25) is 5.02 Å². The lowest BCUT2D eigenvalue weighted by Crippen LogP contribution is -2.15. The van der Waals surface area contributed by atoms with Gasteiger partial charge < -0.3 is 11.1 Å². The molecule has 2 amide bonds. The number of hydrogen-bond donors (Lipinski definition) is 2. The average Bonchev–Trinajstić information content (AvgIpc) is 2.54. The maximum Gasteiger partial charge on any atom is 0.288 e. The second-order valence-corrected chi connectivity index (χ2v) is 6.05. The first-order valence-corrected chi connectivity index (χ1v) is 8.00. The summed E-state index contributed by atoms with van der Waals surface area (Å²) in [5, 5.41) is 13.5. The molecule has 0 aliphatic heterocycles. The highest BCUT2D eigenvalue weighted by Gasteiger charge is 2.17. The third-order valence-corrected chi connectivity index (χ3v) is 4.33. The minimum absolute atomic E-state index is 0.0473. The van der Waals surface area contributed by atoms with E-state index in [2.05, 4.69) is 5.32 Å². The number of primary amides is 1. The summed E-state index contributed by atoms with van der Waals surface area (Å²) in [6.45, 7) is 0. The highest BCUT2D eigenvalue weighted by Crippen LogP contribution is 2.28. The van der Waals surface area contributed by atoms with E-state index in [1.807, 2.05) is 0 Å². The summed E-state index contributed by atoms with van der Waals surface area (Å²) in [6, 6.07) is 10.7. The van der Waals surface area contributed by atoms with Gasteiger partial charge in [0, 0.05) is 16.5 Å². The molecule has 2 rings (SSSR count). The zero-order valence-electron chi connectivity index (χ0n) is 12.2. The lowest BCUT2D eigenvalue weighted by atomic mass is 10.2. The van der Waals surface area contributed by atoms with Crippen LogP contribution in [0.4, 0.5) is 11.4 Å². The molecular weight excluding hydrogens is 354 g/mol. The number of nitro groups is 1. The predicted molar refractivity (Wildman–Crippen MR) is 92.4 cm³/mol. The van der Waals surface area contributed by atoms with Crippen LogP contribution in [0.5, 0.6) is 0 Å². The first kappa shape index (κ1) is 17.8. The summed E-state index contributed by atoms with van der Waals surface area (Å²) >= 11 is 6.92. The Labute approximate surface area is 146 Å². The van der Waals surface area contributed by atoms with Gasteiger partial charge in [0.05, 0.1) is 16.4 Å². The Morgan fingerprint density at radius 3 is 2.62 bits per heavy atom. The number of carbonyl (C=O) groups is 2. The van der Waals surface area contributed by atoms with Crippen LogP contribution < -0.4 is 11.1 Å². The van der Waals surface area contributed by atoms with Crippen molar-refractivity contribution in [3.05, 3.63) is 63.2 Å². The molecule has 7 nitrogen and oxygen atoms in total. The third-order valence-electron chi connectivity index (χ3n) is 2.91. The average molecular weight is 366 g/mol. The van der Waals surface area contributed by atoms with E-state index in [0.717, 1.165) is 6.07 Å². The van der Waals surface area contributed by atoms with Crippen LogP contribution in [-0.2, 0) is 4.79 Å². The van der Waals surface area contributed by atoms with Crippen LogP contribution in [-0.4, -0.2) is 22.5 Å². The fourth-order valence-corrected chi connectivity index (χ4v) is 2.77. The molecule has 124 valence electrons. The molecule has 0 heterocycles. The van der Waals surface area contributed by atoms with Gasteiger partial charge in [-0.15, -0.1) is 11.8 Å². The number of amides is 2. The maximum atomic E-state index is 12.3. The minimum atomic E-state index is -0.657. The monoisotopic (exact) mass is 365 g/mol.